The fraction of sp³-hybridized carbons (Fsp3) is 1.00. The lowest BCUT2D eigenvalue weighted by Crippen LogP contribution is -2.45. The summed E-state index contributed by atoms with van der Waals surface area (Å²) in [6.45, 7) is 6.60. The first-order chi connectivity index (χ1) is 6.72. The van der Waals surface area contributed by atoms with E-state index in [4.69, 9.17) is 5.11 Å². The van der Waals surface area contributed by atoms with Crippen molar-refractivity contribution in [2.75, 3.05) is 33.8 Å². The zero-order valence-corrected chi connectivity index (χ0v) is 10.1. The highest BCUT2D eigenvalue weighted by molar-refractivity contribution is 4.95. The minimum absolute atomic E-state index is 0.275. The van der Waals surface area contributed by atoms with E-state index < -0.39 is 0 Å². The molecule has 1 atom stereocenters. The first-order valence-electron chi connectivity index (χ1n) is 5.71. The Hall–Kier alpha value is -0.120. The third-order valence-corrected chi connectivity index (χ3v) is 2.89. The minimum atomic E-state index is 0.275. The van der Waals surface area contributed by atoms with Crippen molar-refractivity contribution in [2.45, 2.75) is 38.6 Å². The van der Waals surface area contributed by atoms with E-state index in [2.05, 4.69) is 17.3 Å². The van der Waals surface area contributed by atoms with Crippen molar-refractivity contribution in [1.82, 2.24) is 10.2 Å². The molecule has 0 radical (unpaired) electrons. The standard InChI is InChI=1S/C9H20N2O.C2H6/c1-10-9(4-3-7-12)5-6-11(2)8-9;1-2/h10,12H,3-8H2,1-2H3;1-2H3. The molecule has 1 heterocycles. The lowest BCUT2D eigenvalue weighted by molar-refractivity contribution is 0.243. The molecule has 0 saturated carbocycles. The molecule has 0 bridgehead atoms. The number of rotatable bonds is 4. The van der Waals surface area contributed by atoms with E-state index in [9.17, 15) is 0 Å². The van der Waals surface area contributed by atoms with Crippen LogP contribution in [0.4, 0.5) is 0 Å². The largest absolute Gasteiger partial charge is 0.396 e. The van der Waals surface area contributed by atoms with E-state index in [0.717, 1.165) is 19.4 Å². The van der Waals surface area contributed by atoms with Crippen LogP contribution in [-0.2, 0) is 0 Å². The van der Waals surface area contributed by atoms with Crippen LogP contribution in [0.15, 0.2) is 0 Å². The number of aliphatic hydroxyl groups is 1. The normalized spacial score (nSPS) is 27.2. The van der Waals surface area contributed by atoms with Gasteiger partial charge in [0.2, 0.25) is 0 Å². The molecule has 0 aromatic rings. The summed E-state index contributed by atoms with van der Waals surface area (Å²) in [6.07, 6.45) is 3.21. The average molecular weight is 202 g/mol. The molecule has 14 heavy (non-hydrogen) atoms. The van der Waals surface area contributed by atoms with Crippen molar-refractivity contribution in [3.05, 3.63) is 0 Å². The Bertz CT molecular complexity index is 141. The quantitative estimate of drug-likeness (QED) is 0.716. The maximum atomic E-state index is 8.76. The number of hydrogen-bond donors (Lipinski definition) is 2. The summed E-state index contributed by atoms with van der Waals surface area (Å²) in [4.78, 5) is 2.34. The fourth-order valence-corrected chi connectivity index (χ4v) is 2.03. The third-order valence-electron chi connectivity index (χ3n) is 2.89. The summed E-state index contributed by atoms with van der Waals surface area (Å²) < 4.78 is 0. The Morgan fingerprint density at radius 2 is 2.07 bits per heavy atom. The van der Waals surface area contributed by atoms with Crippen LogP contribution in [0.5, 0.6) is 0 Å². The highest BCUT2D eigenvalue weighted by Gasteiger charge is 2.34. The number of aliphatic hydroxyl groups excluding tert-OH is 1. The van der Waals surface area contributed by atoms with Gasteiger partial charge in [-0.25, -0.2) is 0 Å². The topological polar surface area (TPSA) is 35.5 Å². The second-order valence-electron chi connectivity index (χ2n) is 3.85. The molecule has 1 aliphatic heterocycles. The smallest absolute Gasteiger partial charge is 0.0431 e. The van der Waals surface area contributed by atoms with Gasteiger partial charge in [0.25, 0.3) is 0 Å². The molecule has 1 saturated heterocycles. The molecule has 1 unspecified atom stereocenters. The summed E-state index contributed by atoms with van der Waals surface area (Å²) in [5, 5.41) is 12.2. The van der Waals surface area contributed by atoms with E-state index in [1.807, 2.05) is 20.9 Å². The molecule has 0 aliphatic carbocycles. The average Bonchev–Trinajstić information content (AvgIpc) is 2.61. The first-order valence-corrected chi connectivity index (χ1v) is 5.71. The Balaban J connectivity index is 0.000000791. The molecule has 0 spiro atoms. The van der Waals surface area contributed by atoms with Crippen molar-refractivity contribution >= 4 is 0 Å². The second-order valence-corrected chi connectivity index (χ2v) is 3.85. The number of likely N-dealkylation sites (N-methyl/N-ethyl adjacent to an activating group) is 2. The van der Waals surface area contributed by atoms with Gasteiger partial charge in [0.1, 0.15) is 0 Å². The van der Waals surface area contributed by atoms with Gasteiger partial charge in [-0.1, -0.05) is 13.8 Å². The van der Waals surface area contributed by atoms with E-state index in [0.29, 0.717) is 6.61 Å². The van der Waals surface area contributed by atoms with Crippen molar-refractivity contribution in [2.24, 2.45) is 0 Å². The first kappa shape index (κ1) is 13.9. The molecule has 1 aliphatic rings. The van der Waals surface area contributed by atoms with E-state index in [-0.39, 0.29) is 5.54 Å². The summed E-state index contributed by atoms with van der Waals surface area (Å²) in [5.74, 6) is 0. The summed E-state index contributed by atoms with van der Waals surface area (Å²) >= 11 is 0. The van der Waals surface area contributed by atoms with Crippen molar-refractivity contribution in [3.63, 3.8) is 0 Å². The molecule has 1 rings (SSSR count). The SMILES string of the molecule is CC.CNC1(CCCO)CCN(C)C1. The molecule has 3 nitrogen and oxygen atoms in total. The van der Waals surface area contributed by atoms with Crippen LogP contribution in [0, 0.1) is 0 Å². The Labute approximate surface area is 88.5 Å². The van der Waals surface area contributed by atoms with Crippen LogP contribution in [0.1, 0.15) is 33.1 Å². The van der Waals surface area contributed by atoms with Crippen LogP contribution >= 0.6 is 0 Å². The molecule has 0 aromatic heterocycles. The minimum Gasteiger partial charge on any atom is -0.396 e. The lowest BCUT2D eigenvalue weighted by atomic mass is 9.93. The zero-order valence-electron chi connectivity index (χ0n) is 10.1. The lowest BCUT2D eigenvalue weighted by Gasteiger charge is -2.28. The number of nitrogens with one attached hydrogen (secondary N) is 1. The van der Waals surface area contributed by atoms with Crippen LogP contribution in [-0.4, -0.2) is 49.3 Å². The molecule has 0 aromatic carbocycles. The number of nitrogens with zero attached hydrogens (tertiary/aromatic N) is 1. The van der Waals surface area contributed by atoms with Gasteiger partial charge >= 0.3 is 0 Å². The van der Waals surface area contributed by atoms with Gasteiger partial charge in [-0.05, 0) is 39.9 Å². The van der Waals surface area contributed by atoms with Crippen molar-refractivity contribution in [1.29, 1.82) is 0 Å². The predicted molar refractivity (Wildman–Crippen MR) is 61.6 cm³/mol. The molecule has 1 fully saturated rings. The summed E-state index contributed by atoms with van der Waals surface area (Å²) in [5.41, 5.74) is 0.275. The number of likely N-dealkylation sites (tertiary alicyclic amines) is 1. The molecule has 0 amide bonds. The van der Waals surface area contributed by atoms with Gasteiger partial charge in [0.05, 0.1) is 0 Å². The number of hydrogen-bond acceptors (Lipinski definition) is 3. The van der Waals surface area contributed by atoms with Gasteiger partial charge in [0.15, 0.2) is 0 Å². The monoisotopic (exact) mass is 202 g/mol. The van der Waals surface area contributed by atoms with Gasteiger partial charge in [-0.3, -0.25) is 0 Å². The van der Waals surface area contributed by atoms with Crippen LogP contribution < -0.4 is 5.32 Å². The van der Waals surface area contributed by atoms with Crippen LogP contribution in [0.25, 0.3) is 0 Å². The fourth-order valence-electron chi connectivity index (χ4n) is 2.03. The van der Waals surface area contributed by atoms with Gasteiger partial charge < -0.3 is 15.3 Å². The van der Waals surface area contributed by atoms with Gasteiger partial charge in [-0.2, -0.15) is 0 Å². The second kappa shape index (κ2) is 7.21. The molecule has 3 heteroatoms. The Morgan fingerprint density at radius 3 is 2.43 bits per heavy atom. The van der Waals surface area contributed by atoms with E-state index in [1.165, 1.54) is 13.0 Å². The summed E-state index contributed by atoms with van der Waals surface area (Å²) in [7, 11) is 4.18. The highest BCUT2D eigenvalue weighted by Crippen LogP contribution is 2.24. The van der Waals surface area contributed by atoms with E-state index >= 15 is 0 Å². The van der Waals surface area contributed by atoms with Crippen molar-refractivity contribution in [3.8, 4) is 0 Å². The summed E-state index contributed by atoms with van der Waals surface area (Å²) in [6, 6.07) is 0. The maximum absolute atomic E-state index is 8.76. The Kier molecular flexibility index (Phi) is 7.15. The highest BCUT2D eigenvalue weighted by atomic mass is 16.2. The third kappa shape index (κ3) is 3.95. The maximum Gasteiger partial charge on any atom is 0.0431 e. The van der Waals surface area contributed by atoms with Crippen LogP contribution in [0.3, 0.4) is 0 Å². The van der Waals surface area contributed by atoms with Gasteiger partial charge in [-0.15, -0.1) is 0 Å². The Morgan fingerprint density at radius 1 is 1.43 bits per heavy atom. The van der Waals surface area contributed by atoms with E-state index in [1.54, 1.807) is 0 Å². The van der Waals surface area contributed by atoms with Gasteiger partial charge in [0, 0.05) is 18.7 Å². The molecular formula is C11H26N2O. The molecule has 86 valence electrons. The van der Waals surface area contributed by atoms with Crippen LogP contribution in [0.2, 0.25) is 0 Å². The molecular weight excluding hydrogens is 176 g/mol. The predicted octanol–water partition coefficient (Wildman–Crippen LogP) is 1.08. The van der Waals surface area contributed by atoms with Crippen molar-refractivity contribution < 1.29 is 5.11 Å². The molecule has 2 N–H and O–H groups in total. The zero-order chi connectivity index (χ0) is 11.0.